The van der Waals surface area contributed by atoms with E-state index in [1.54, 1.807) is 0 Å². The lowest BCUT2D eigenvalue weighted by atomic mass is 10.3. The van der Waals surface area contributed by atoms with Crippen molar-refractivity contribution in [1.82, 2.24) is 25.8 Å². The molecule has 0 aliphatic carbocycles. The van der Waals surface area contributed by atoms with E-state index in [2.05, 4.69) is 25.8 Å². The van der Waals surface area contributed by atoms with Crippen LogP contribution in [0.1, 0.15) is 23.4 Å². The van der Waals surface area contributed by atoms with E-state index in [-0.39, 0.29) is 17.8 Å². The minimum Gasteiger partial charge on any atom is -0.374 e. The lowest BCUT2D eigenvalue weighted by Crippen LogP contribution is -2.45. The molecule has 1 aromatic heterocycles. The molecule has 1 amide bonds. The zero-order valence-electron chi connectivity index (χ0n) is 9.82. The van der Waals surface area contributed by atoms with Crippen LogP contribution in [0.5, 0.6) is 0 Å². The molecule has 1 saturated heterocycles. The molecule has 17 heavy (non-hydrogen) atoms. The van der Waals surface area contributed by atoms with Crippen LogP contribution in [-0.2, 0) is 11.2 Å². The predicted molar refractivity (Wildman–Crippen MR) is 60.7 cm³/mol. The average molecular weight is 239 g/mol. The summed E-state index contributed by atoms with van der Waals surface area (Å²) in [5.41, 5.74) is 0. The third-order valence-corrected chi connectivity index (χ3v) is 2.56. The normalized spacial score (nSPS) is 20.2. The van der Waals surface area contributed by atoms with Crippen LogP contribution in [0, 0.1) is 0 Å². The highest BCUT2D eigenvalue weighted by Crippen LogP contribution is 1.96. The van der Waals surface area contributed by atoms with Gasteiger partial charge in [-0.1, -0.05) is 6.92 Å². The van der Waals surface area contributed by atoms with Gasteiger partial charge >= 0.3 is 0 Å². The van der Waals surface area contributed by atoms with E-state index in [1.165, 1.54) is 0 Å². The summed E-state index contributed by atoms with van der Waals surface area (Å²) in [6.45, 7) is 4.73. The van der Waals surface area contributed by atoms with E-state index in [1.807, 2.05) is 6.92 Å². The summed E-state index contributed by atoms with van der Waals surface area (Å²) in [6.07, 6.45) is 0.757. The fourth-order valence-corrected chi connectivity index (χ4v) is 1.59. The summed E-state index contributed by atoms with van der Waals surface area (Å²) in [6, 6.07) is 0. The number of rotatable bonds is 4. The van der Waals surface area contributed by atoms with Crippen molar-refractivity contribution in [2.24, 2.45) is 0 Å². The molecule has 2 rings (SSSR count). The Balaban J connectivity index is 1.80. The number of carbonyl (C=O) groups excluding carboxylic acids is 1. The van der Waals surface area contributed by atoms with Gasteiger partial charge in [0, 0.05) is 26.1 Å². The van der Waals surface area contributed by atoms with Crippen molar-refractivity contribution in [3.8, 4) is 0 Å². The number of aromatic amines is 1. The number of morpholine rings is 1. The molecule has 7 heteroatoms. The highest BCUT2D eigenvalue weighted by Gasteiger charge is 2.16. The predicted octanol–water partition coefficient (Wildman–Crippen LogP) is -0.915. The van der Waals surface area contributed by atoms with Crippen molar-refractivity contribution in [3.63, 3.8) is 0 Å². The van der Waals surface area contributed by atoms with Gasteiger partial charge in [0.05, 0.1) is 12.7 Å². The molecular formula is C10H17N5O2. The van der Waals surface area contributed by atoms with Crippen molar-refractivity contribution in [2.75, 3.05) is 26.2 Å². The Kier molecular flexibility index (Phi) is 4.05. The molecular weight excluding hydrogens is 222 g/mol. The highest BCUT2D eigenvalue weighted by atomic mass is 16.5. The van der Waals surface area contributed by atoms with Crippen LogP contribution in [0.2, 0.25) is 0 Å². The Labute approximate surface area is 99.3 Å². The monoisotopic (exact) mass is 239 g/mol. The second-order valence-electron chi connectivity index (χ2n) is 3.87. The molecule has 0 saturated carbocycles. The van der Waals surface area contributed by atoms with Crippen LogP contribution in [0.4, 0.5) is 0 Å². The lowest BCUT2D eigenvalue weighted by Gasteiger charge is -2.23. The van der Waals surface area contributed by atoms with Gasteiger partial charge in [-0.2, -0.15) is 0 Å². The number of hydrogen-bond acceptors (Lipinski definition) is 5. The molecule has 1 fully saturated rings. The van der Waals surface area contributed by atoms with Crippen molar-refractivity contribution in [2.45, 2.75) is 19.4 Å². The first kappa shape index (κ1) is 12.0. The Bertz CT molecular complexity index is 373. The number of aromatic nitrogens is 3. The number of hydrogen-bond donors (Lipinski definition) is 3. The molecule has 94 valence electrons. The summed E-state index contributed by atoms with van der Waals surface area (Å²) in [5.74, 6) is 0.631. The number of carbonyl (C=O) groups is 1. The zero-order valence-corrected chi connectivity index (χ0v) is 9.82. The first-order valence-corrected chi connectivity index (χ1v) is 5.81. The van der Waals surface area contributed by atoms with E-state index in [0.29, 0.717) is 19.0 Å². The molecule has 1 aliphatic rings. The Morgan fingerprint density at radius 1 is 1.65 bits per heavy atom. The Morgan fingerprint density at radius 2 is 2.53 bits per heavy atom. The second-order valence-corrected chi connectivity index (χ2v) is 3.87. The molecule has 1 aliphatic heterocycles. The number of nitrogens with one attached hydrogen (secondary N) is 3. The lowest BCUT2D eigenvalue weighted by molar-refractivity contribution is 0.0286. The van der Waals surface area contributed by atoms with E-state index in [4.69, 9.17) is 4.74 Å². The average Bonchev–Trinajstić information content (AvgIpc) is 2.86. The van der Waals surface area contributed by atoms with Gasteiger partial charge in [-0.15, -0.1) is 5.10 Å². The van der Waals surface area contributed by atoms with Gasteiger partial charge in [0.1, 0.15) is 5.82 Å². The molecule has 0 spiro atoms. The fraction of sp³-hybridized carbons (Fsp3) is 0.700. The van der Waals surface area contributed by atoms with Crippen molar-refractivity contribution < 1.29 is 9.53 Å². The highest BCUT2D eigenvalue weighted by molar-refractivity contribution is 5.90. The third kappa shape index (κ3) is 3.24. The summed E-state index contributed by atoms with van der Waals surface area (Å²) in [7, 11) is 0. The summed E-state index contributed by atoms with van der Waals surface area (Å²) in [4.78, 5) is 15.7. The van der Waals surface area contributed by atoms with Gasteiger partial charge in [0.25, 0.3) is 5.91 Å². The van der Waals surface area contributed by atoms with E-state index in [0.717, 1.165) is 19.5 Å². The van der Waals surface area contributed by atoms with Crippen LogP contribution in [-0.4, -0.2) is 53.4 Å². The summed E-state index contributed by atoms with van der Waals surface area (Å²) >= 11 is 0. The Hall–Kier alpha value is -1.47. The number of amides is 1. The fourth-order valence-electron chi connectivity index (χ4n) is 1.59. The van der Waals surface area contributed by atoms with Crippen molar-refractivity contribution in [3.05, 3.63) is 11.6 Å². The molecule has 1 unspecified atom stereocenters. The minimum absolute atomic E-state index is 0.0253. The maximum absolute atomic E-state index is 11.7. The standard InChI is InChI=1S/C10H17N5O2/c1-2-8-13-9(15-14-8)10(16)12-6-7-5-11-3-4-17-7/h7,11H,2-6H2,1H3,(H,12,16)(H,13,14,15). The molecule has 1 atom stereocenters. The molecule has 0 bridgehead atoms. The maximum atomic E-state index is 11.7. The van der Waals surface area contributed by atoms with E-state index >= 15 is 0 Å². The number of ether oxygens (including phenoxy) is 1. The second kappa shape index (κ2) is 5.74. The van der Waals surface area contributed by atoms with Crippen LogP contribution in [0.3, 0.4) is 0 Å². The van der Waals surface area contributed by atoms with Crippen molar-refractivity contribution in [1.29, 1.82) is 0 Å². The van der Waals surface area contributed by atoms with Crippen LogP contribution in [0.15, 0.2) is 0 Å². The number of aryl methyl sites for hydroxylation is 1. The van der Waals surface area contributed by atoms with Crippen molar-refractivity contribution >= 4 is 5.91 Å². The topological polar surface area (TPSA) is 91.9 Å². The Morgan fingerprint density at radius 3 is 3.18 bits per heavy atom. The largest absolute Gasteiger partial charge is 0.374 e. The molecule has 0 radical (unpaired) electrons. The van der Waals surface area contributed by atoms with Crippen LogP contribution < -0.4 is 10.6 Å². The summed E-state index contributed by atoms with van der Waals surface area (Å²) < 4.78 is 5.46. The first-order chi connectivity index (χ1) is 8.29. The van der Waals surface area contributed by atoms with E-state index in [9.17, 15) is 4.79 Å². The van der Waals surface area contributed by atoms with Gasteiger partial charge in [0.2, 0.25) is 5.82 Å². The van der Waals surface area contributed by atoms with Gasteiger partial charge in [-0.25, -0.2) is 4.98 Å². The third-order valence-electron chi connectivity index (χ3n) is 2.56. The van der Waals surface area contributed by atoms with Crippen LogP contribution >= 0.6 is 0 Å². The molecule has 3 N–H and O–H groups in total. The SMILES string of the molecule is CCc1nc(C(=O)NCC2CNCCO2)n[nH]1. The van der Waals surface area contributed by atoms with Crippen LogP contribution in [0.25, 0.3) is 0 Å². The van der Waals surface area contributed by atoms with E-state index < -0.39 is 0 Å². The molecule has 7 nitrogen and oxygen atoms in total. The number of nitrogens with zero attached hydrogens (tertiary/aromatic N) is 2. The molecule has 2 heterocycles. The maximum Gasteiger partial charge on any atom is 0.291 e. The first-order valence-electron chi connectivity index (χ1n) is 5.81. The van der Waals surface area contributed by atoms with Gasteiger partial charge in [-0.05, 0) is 0 Å². The molecule has 1 aromatic rings. The quantitative estimate of drug-likeness (QED) is 0.632. The number of H-pyrrole nitrogens is 1. The molecule has 0 aromatic carbocycles. The zero-order chi connectivity index (χ0) is 12.1. The van der Waals surface area contributed by atoms with Gasteiger partial charge in [-0.3, -0.25) is 9.89 Å². The van der Waals surface area contributed by atoms with Gasteiger partial charge in [0.15, 0.2) is 0 Å². The summed E-state index contributed by atoms with van der Waals surface area (Å²) in [5, 5.41) is 12.5. The minimum atomic E-state index is -0.268. The smallest absolute Gasteiger partial charge is 0.291 e. The van der Waals surface area contributed by atoms with Gasteiger partial charge < -0.3 is 15.4 Å².